The highest BCUT2D eigenvalue weighted by Crippen LogP contribution is 2.21. The van der Waals surface area contributed by atoms with Crippen LogP contribution in [0.3, 0.4) is 0 Å². The average Bonchev–Trinajstić information content (AvgIpc) is 3.20. The zero-order valence-electron chi connectivity index (χ0n) is 16.6. The lowest BCUT2D eigenvalue weighted by Crippen LogP contribution is -2.49. The van der Waals surface area contributed by atoms with Crippen LogP contribution in [0.1, 0.15) is 28.9 Å². The van der Waals surface area contributed by atoms with Gasteiger partial charge in [0.1, 0.15) is 11.8 Å². The Kier molecular flexibility index (Phi) is 8.31. The smallest absolute Gasteiger partial charge is 0.271 e. The molecule has 1 aromatic carbocycles. The Labute approximate surface area is 179 Å². The van der Waals surface area contributed by atoms with Crippen molar-refractivity contribution in [2.24, 2.45) is 0 Å². The molecule has 1 aromatic heterocycles. The maximum absolute atomic E-state index is 12.7. The summed E-state index contributed by atoms with van der Waals surface area (Å²) in [5, 5.41) is 33.7. The first kappa shape index (κ1) is 23.8. The van der Waals surface area contributed by atoms with Crippen molar-refractivity contribution in [3.63, 3.8) is 0 Å². The Balaban J connectivity index is 2.19. The lowest BCUT2D eigenvalue weighted by Gasteiger charge is -2.27. The number of rotatable bonds is 10. The van der Waals surface area contributed by atoms with E-state index in [0.29, 0.717) is 0 Å². The van der Waals surface area contributed by atoms with E-state index in [1.54, 1.807) is 0 Å². The number of thiazole rings is 1. The minimum absolute atomic E-state index is 0.00211. The predicted molar refractivity (Wildman–Crippen MR) is 114 cm³/mol. The minimum Gasteiger partial charge on any atom is -0.390 e. The fraction of sp³-hybridized carbons (Fsp3) is 0.421. The van der Waals surface area contributed by atoms with Crippen molar-refractivity contribution in [1.29, 1.82) is 5.26 Å². The van der Waals surface area contributed by atoms with Crippen LogP contribution in [0.5, 0.6) is 0 Å². The van der Waals surface area contributed by atoms with E-state index in [4.69, 9.17) is 5.26 Å². The highest BCUT2D eigenvalue weighted by Gasteiger charge is 2.29. The van der Waals surface area contributed by atoms with E-state index in [0.717, 1.165) is 27.5 Å². The van der Waals surface area contributed by atoms with Crippen LogP contribution in [-0.4, -0.2) is 61.1 Å². The maximum Gasteiger partial charge on any atom is 0.271 e. The number of nitrogens with one attached hydrogen (secondary N) is 1. The molecule has 1 amide bonds. The highest BCUT2D eigenvalue weighted by atomic mass is 32.2. The van der Waals surface area contributed by atoms with Gasteiger partial charge in [0, 0.05) is 18.8 Å². The number of aliphatic hydroxyl groups excluding tert-OH is 2. The van der Waals surface area contributed by atoms with Gasteiger partial charge in [-0.05, 0) is 18.4 Å². The Morgan fingerprint density at radius 1 is 1.33 bits per heavy atom. The molecule has 0 aliphatic carbocycles. The summed E-state index contributed by atoms with van der Waals surface area (Å²) >= 11 is 0.997. The van der Waals surface area contributed by atoms with Gasteiger partial charge in [0.05, 0.1) is 24.5 Å². The molecule has 11 heteroatoms. The van der Waals surface area contributed by atoms with Gasteiger partial charge in [-0.3, -0.25) is 4.79 Å². The first-order valence-electron chi connectivity index (χ1n) is 9.10. The molecular weight excluding hydrogens is 428 g/mol. The molecule has 2 aromatic rings. The number of carbonyl (C=O) groups excluding carboxylic acids is 1. The molecule has 3 atom stereocenters. The second-order valence-electron chi connectivity index (χ2n) is 6.77. The number of hydrogen-bond acceptors (Lipinski definition) is 8. The summed E-state index contributed by atoms with van der Waals surface area (Å²) in [6.07, 6.45) is -1.09. The number of amides is 1. The molecule has 9 nitrogen and oxygen atoms in total. The number of aromatic nitrogens is 1. The molecule has 3 unspecified atom stereocenters. The van der Waals surface area contributed by atoms with Gasteiger partial charge >= 0.3 is 0 Å². The lowest BCUT2D eigenvalue weighted by atomic mass is 9.95. The maximum atomic E-state index is 12.7. The number of carbonyl (C=O) groups is 1. The summed E-state index contributed by atoms with van der Waals surface area (Å²) in [5.41, 5.74) is 0.840. The third kappa shape index (κ3) is 6.50. The van der Waals surface area contributed by atoms with Gasteiger partial charge in [-0.15, -0.1) is 11.3 Å². The van der Waals surface area contributed by atoms with E-state index in [1.807, 2.05) is 36.4 Å². The number of sulfonamides is 1. The van der Waals surface area contributed by atoms with E-state index in [2.05, 4.69) is 10.3 Å². The molecule has 3 N–H and O–H groups in total. The molecule has 0 bridgehead atoms. The van der Waals surface area contributed by atoms with Gasteiger partial charge in [0.25, 0.3) is 5.91 Å². The first-order valence-corrected chi connectivity index (χ1v) is 11.8. The molecule has 0 saturated carbocycles. The molecule has 30 heavy (non-hydrogen) atoms. The van der Waals surface area contributed by atoms with Crippen LogP contribution >= 0.6 is 11.3 Å². The van der Waals surface area contributed by atoms with Crippen molar-refractivity contribution in [2.75, 3.05) is 17.6 Å². The van der Waals surface area contributed by atoms with Gasteiger partial charge in [-0.1, -0.05) is 30.3 Å². The second kappa shape index (κ2) is 10.5. The molecule has 2 rings (SSSR count). The van der Waals surface area contributed by atoms with Gasteiger partial charge in [0.2, 0.25) is 10.0 Å². The average molecular weight is 453 g/mol. The summed E-state index contributed by atoms with van der Waals surface area (Å²) in [4.78, 5) is 16.7. The van der Waals surface area contributed by atoms with Crippen molar-refractivity contribution in [2.45, 2.75) is 37.5 Å². The van der Waals surface area contributed by atoms with Crippen molar-refractivity contribution in [1.82, 2.24) is 10.3 Å². The molecule has 0 aliphatic rings. The number of hydrogen-bond donors (Lipinski definition) is 3. The van der Waals surface area contributed by atoms with Crippen molar-refractivity contribution < 1.29 is 23.4 Å². The van der Waals surface area contributed by atoms with E-state index >= 15 is 0 Å². The number of nitriles is 1. The second-order valence-corrected chi connectivity index (χ2v) is 9.62. The lowest BCUT2D eigenvalue weighted by molar-refractivity contribution is -0.00646. The molecule has 162 valence electrons. The van der Waals surface area contributed by atoms with Crippen molar-refractivity contribution >= 4 is 32.4 Å². The fourth-order valence-electron chi connectivity index (χ4n) is 2.67. The van der Waals surface area contributed by atoms with Crippen molar-refractivity contribution in [3.05, 3.63) is 47.0 Å². The van der Waals surface area contributed by atoms with E-state index in [9.17, 15) is 23.4 Å². The van der Waals surface area contributed by atoms with E-state index in [-0.39, 0.29) is 30.1 Å². The van der Waals surface area contributed by atoms with Gasteiger partial charge in [-0.2, -0.15) is 5.26 Å². The monoisotopic (exact) mass is 452 g/mol. The fourth-order valence-corrected chi connectivity index (χ4v) is 4.21. The Bertz CT molecular complexity index is 988. The predicted octanol–water partition coefficient (Wildman–Crippen LogP) is 0.906. The highest BCUT2D eigenvalue weighted by molar-refractivity contribution is 7.92. The largest absolute Gasteiger partial charge is 0.390 e. The summed E-state index contributed by atoms with van der Waals surface area (Å²) < 4.78 is 24.3. The van der Waals surface area contributed by atoms with E-state index in [1.165, 1.54) is 12.4 Å². The summed E-state index contributed by atoms with van der Waals surface area (Å²) in [5.74, 6) is -0.605. The molecule has 0 saturated heterocycles. The SMILES string of the molecule is CN(c1nc(C(=O)NC(Cc2ccccc2)C(O)C(O)CCC#N)cs1)S(C)(=O)=O. The van der Waals surface area contributed by atoms with Crippen LogP contribution < -0.4 is 9.62 Å². The van der Waals surface area contributed by atoms with E-state index < -0.39 is 34.2 Å². The normalized spacial score (nSPS) is 14.4. The van der Waals surface area contributed by atoms with Gasteiger partial charge < -0.3 is 15.5 Å². The minimum atomic E-state index is -3.52. The standard InChI is InChI=1S/C19H24N4O5S2/c1-23(30(2,27)28)19-22-15(12-29-19)18(26)21-14(11-13-7-4-3-5-8-13)17(25)16(24)9-6-10-20/h3-5,7-8,12,14,16-17,24-25H,6,9,11H2,1-2H3,(H,21,26). The van der Waals surface area contributed by atoms with Crippen LogP contribution in [0.2, 0.25) is 0 Å². The number of aliphatic hydroxyl groups is 2. The van der Waals surface area contributed by atoms with Crippen molar-refractivity contribution in [3.8, 4) is 6.07 Å². The Morgan fingerprint density at radius 3 is 2.60 bits per heavy atom. The zero-order valence-corrected chi connectivity index (χ0v) is 18.2. The van der Waals surface area contributed by atoms with Crippen LogP contribution in [0.25, 0.3) is 0 Å². The van der Waals surface area contributed by atoms with Crippen LogP contribution in [0.4, 0.5) is 5.13 Å². The molecule has 0 radical (unpaired) electrons. The molecule has 1 heterocycles. The molecular formula is C19H24N4O5S2. The number of benzene rings is 1. The molecule has 0 aliphatic heterocycles. The quantitative estimate of drug-likeness (QED) is 0.486. The number of anilines is 1. The zero-order chi connectivity index (χ0) is 22.3. The Morgan fingerprint density at radius 2 is 2.00 bits per heavy atom. The molecule has 0 fully saturated rings. The third-order valence-corrected chi connectivity index (χ3v) is 6.67. The van der Waals surface area contributed by atoms with Gasteiger partial charge in [0.15, 0.2) is 5.13 Å². The number of nitrogens with zero attached hydrogens (tertiary/aromatic N) is 3. The van der Waals surface area contributed by atoms with Crippen LogP contribution in [-0.2, 0) is 16.4 Å². The summed E-state index contributed by atoms with van der Waals surface area (Å²) in [7, 11) is -2.18. The molecule has 0 spiro atoms. The first-order chi connectivity index (χ1) is 14.1. The summed E-state index contributed by atoms with van der Waals surface area (Å²) in [6, 6.07) is 10.2. The Hall–Kier alpha value is -2.52. The summed E-state index contributed by atoms with van der Waals surface area (Å²) in [6.45, 7) is 0. The topological polar surface area (TPSA) is 144 Å². The van der Waals surface area contributed by atoms with Crippen LogP contribution in [0.15, 0.2) is 35.7 Å². The van der Waals surface area contributed by atoms with Crippen LogP contribution in [0, 0.1) is 11.3 Å². The van der Waals surface area contributed by atoms with Gasteiger partial charge in [-0.25, -0.2) is 17.7 Å². The third-order valence-electron chi connectivity index (χ3n) is 4.46.